The van der Waals surface area contributed by atoms with Gasteiger partial charge in [-0.05, 0) is 50.4 Å². The average molecular weight is 400 g/mol. The summed E-state index contributed by atoms with van der Waals surface area (Å²) < 4.78 is 6.00. The highest BCUT2D eigenvalue weighted by Gasteiger charge is 2.19. The highest BCUT2D eigenvalue weighted by Crippen LogP contribution is 2.32. The summed E-state index contributed by atoms with van der Waals surface area (Å²) in [4.78, 5) is 27.1. The first-order valence-corrected chi connectivity index (χ1v) is 10.1. The van der Waals surface area contributed by atoms with E-state index >= 15 is 0 Å². The van der Waals surface area contributed by atoms with Crippen LogP contribution in [0, 0.1) is 6.92 Å². The Kier molecular flexibility index (Phi) is 5.27. The third kappa shape index (κ3) is 3.43. The number of benzene rings is 3. The van der Waals surface area contributed by atoms with E-state index in [1.54, 1.807) is 29.2 Å². The molecule has 1 N–H and O–H groups in total. The van der Waals surface area contributed by atoms with Gasteiger partial charge in [0.25, 0.3) is 11.8 Å². The van der Waals surface area contributed by atoms with Crippen molar-refractivity contribution in [3.63, 3.8) is 0 Å². The molecule has 0 radical (unpaired) electrons. The predicted octanol–water partition coefficient (Wildman–Crippen LogP) is 5.63. The van der Waals surface area contributed by atoms with E-state index in [0.29, 0.717) is 30.1 Å². The van der Waals surface area contributed by atoms with Gasteiger partial charge < -0.3 is 14.6 Å². The summed E-state index contributed by atoms with van der Waals surface area (Å²) in [6.45, 7) is 7.12. The van der Waals surface area contributed by atoms with Crippen LogP contribution < -0.4 is 5.32 Å². The number of hydrogen-bond donors (Lipinski definition) is 1. The van der Waals surface area contributed by atoms with Gasteiger partial charge >= 0.3 is 0 Å². The van der Waals surface area contributed by atoms with Gasteiger partial charge in [0.1, 0.15) is 5.58 Å². The lowest BCUT2D eigenvalue weighted by Gasteiger charge is -2.18. The van der Waals surface area contributed by atoms with E-state index in [1.165, 1.54) is 0 Å². The fourth-order valence-electron chi connectivity index (χ4n) is 3.74. The van der Waals surface area contributed by atoms with E-state index in [4.69, 9.17) is 4.42 Å². The van der Waals surface area contributed by atoms with E-state index in [0.717, 1.165) is 27.3 Å². The molecule has 0 bridgehead atoms. The van der Waals surface area contributed by atoms with Crippen molar-refractivity contribution in [3.05, 3.63) is 77.6 Å². The number of carbonyl (C=O) groups excluding carboxylic acids is 2. The highest BCUT2D eigenvalue weighted by molar-refractivity contribution is 6.11. The van der Waals surface area contributed by atoms with Gasteiger partial charge in [-0.25, -0.2) is 0 Å². The maximum atomic E-state index is 12.9. The van der Waals surface area contributed by atoms with Gasteiger partial charge in [0.05, 0.1) is 0 Å². The van der Waals surface area contributed by atoms with Crippen molar-refractivity contribution in [2.75, 3.05) is 18.4 Å². The molecular formula is C25H24N2O3. The molecule has 0 fully saturated rings. The number of fused-ring (bicyclic) bond motifs is 3. The number of furan rings is 1. The molecule has 1 aromatic heterocycles. The zero-order valence-corrected chi connectivity index (χ0v) is 17.4. The molecule has 0 spiro atoms. The van der Waals surface area contributed by atoms with Crippen LogP contribution in [0.25, 0.3) is 21.7 Å². The van der Waals surface area contributed by atoms with Crippen LogP contribution in [-0.4, -0.2) is 29.8 Å². The second-order valence-electron chi connectivity index (χ2n) is 7.23. The normalized spacial score (nSPS) is 11.0. The summed E-state index contributed by atoms with van der Waals surface area (Å²) >= 11 is 0. The summed E-state index contributed by atoms with van der Waals surface area (Å²) in [6, 6.07) is 18.9. The Morgan fingerprint density at radius 1 is 0.900 bits per heavy atom. The molecule has 0 atom stereocenters. The Morgan fingerprint density at radius 2 is 1.60 bits per heavy atom. The van der Waals surface area contributed by atoms with E-state index in [9.17, 15) is 9.59 Å². The molecule has 5 nitrogen and oxygen atoms in total. The standard InChI is InChI=1S/C25H24N2O3/c1-4-27(5-2)25(29)18-10-13-19(14-11-18)26-24(28)22-16(3)20-15-12-17-8-6-7-9-21(17)23(20)30-22/h6-15H,4-5H2,1-3H3,(H,26,28). The minimum absolute atomic E-state index is 0.0158. The van der Waals surface area contributed by atoms with E-state index in [2.05, 4.69) is 5.32 Å². The fourth-order valence-corrected chi connectivity index (χ4v) is 3.74. The second kappa shape index (κ2) is 8.03. The zero-order valence-electron chi connectivity index (χ0n) is 17.4. The Morgan fingerprint density at radius 3 is 2.30 bits per heavy atom. The summed E-state index contributed by atoms with van der Waals surface area (Å²) in [5.41, 5.74) is 2.74. The number of rotatable bonds is 5. The minimum Gasteiger partial charge on any atom is -0.450 e. The van der Waals surface area contributed by atoms with Gasteiger partial charge in [-0.1, -0.05) is 36.4 Å². The molecule has 1 heterocycles. The van der Waals surface area contributed by atoms with E-state index in [-0.39, 0.29) is 11.8 Å². The van der Waals surface area contributed by atoms with Gasteiger partial charge in [0.15, 0.2) is 5.76 Å². The van der Waals surface area contributed by atoms with Gasteiger partial charge in [-0.3, -0.25) is 9.59 Å². The molecule has 5 heteroatoms. The summed E-state index contributed by atoms with van der Waals surface area (Å²) in [5, 5.41) is 5.85. The van der Waals surface area contributed by atoms with Crippen molar-refractivity contribution in [2.24, 2.45) is 0 Å². The second-order valence-corrected chi connectivity index (χ2v) is 7.23. The number of nitrogens with one attached hydrogen (secondary N) is 1. The first-order valence-electron chi connectivity index (χ1n) is 10.1. The quantitative estimate of drug-likeness (QED) is 0.472. The summed E-state index contributed by atoms with van der Waals surface area (Å²) in [5.74, 6) is -0.0295. The number of hydrogen-bond acceptors (Lipinski definition) is 3. The number of amides is 2. The Bertz CT molecular complexity index is 1230. The van der Waals surface area contributed by atoms with Gasteiger partial charge in [-0.2, -0.15) is 0 Å². The lowest BCUT2D eigenvalue weighted by molar-refractivity contribution is 0.0773. The Hall–Kier alpha value is -3.60. The van der Waals surface area contributed by atoms with Gasteiger partial charge in [-0.15, -0.1) is 0 Å². The predicted molar refractivity (Wildman–Crippen MR) is 120 cm³/mol. The van der Waals surface area contributed by atoms with E-state index in [1.807, 2.05) is 57.2 Å². The molecule has 4 rings (SSSR count). The van der Waals surface area contributed by atoms with Gasteiger partial charge in [0.2, 0.25) is 0 Å². The van der Waals surface area contributed by atoms with Crippen LogP contribution >= 0.6 is 0 Å². The number of nitrogens with zero attached hydrogens (tertiary/aromatic N) is 1. The molecule has 0 saturated carbocycles. The van der Waals surface area contributed by atoms with Crippen molar-refractivity contribution in [2.45, 2.75) is 20.8 Å². The first kappa shape index (κ1) is 19.7. The largest absolute Gasteiger partial charge is 0.450 e. The summed E-state index contributed by atoms with van der Waals surface area (Å²) in [6.07, 6.45) is 0. The van der Waals surface area contributed by atoms with Crippen LogP contribution in [0.15, 0.2) is 65.1 Å². The zero-order chi connectivity index (χ0) is 21.3. The molecule has 0 aliphatic carbocycles. The van der Waals surface area contributed by atoms with Crippen LogP contribution in [0.3, 0.4) is 0 Å². The van der Waals surface area contributed by atoms with Crippen molar-refractivity contribution >= 4 is 39.2 Å². The molecule has 0 aliphatic rings. The SMILES string of the molecule is CCN(CC)C(=O)c1ccc(NC(=O)c2oc3c(ccc4ccccc43)c2C)cc1. The van der Waals surface area contributed by atoms with Crippen molar-refractivity contribution in [1.82, 2.24) is 4.90 Å². The highest BCUT2D eigenvalue weighted by atomic mass is 16.3. The topological polar surface area (TPSA) is 62.6 Å². The first-order chi connectivity index (χ1) is 14.5. The van der Waals surface area contributed by atoms with Crippen LogP contribution in [0.2, 0.25) is 0 Å². The molecule has 4 aromatic rings. The van der Waals surface area contributed by atoms with Crippen LogP contribution in [0.1, 0.15) is 40.3 Å². The monoisotopic (exact) mass is 400 g/mol. The maximum Gasteiger partial charge on any atom is 0.291 e. The molecule has 0 aliphatic heterocycles. The van der Waals surface area contributed by atoms with E-state index < -0.39 is 0 Å². The lowest BCUT2D eigenvalue weighted by atomic mass is 10.1. The van der Waals surface area contributed by atoms with Gasteiger partial charge in [0, 0.05) is 40.7 Å². The third-order valence-corrected chi connectivity index (χ3v) is 5.47. The summed E-state index contributed by atoms with van der Waals surface area (Å²) in [7, 11) is 0. The Labute approximate surface area is 175 Å². The smallest absolute Gasteiger partial charge is 0.291 e. The molecule has 0 unspecified atom stereocenters. The van der Waals surface area contributed by atoms with Crippen molar-refractivity contribution in [1.29, 1.82) is 0 Å². The number of anilines is 1. The number of aryl methyl sites for hydroxylation is 1. The lowest BCUT2D eigenvalue weighted by Crippen LogP contribution is -2.30. The van der Waals surface area contributed by atoms with Crippen LogP contribution in [-0.2, 0) is 0 Å². The number of carbonyl (C=O) groups is 2. The maximum absolute atomic E-state index is 12.9. The molecule has 3 aromatic carbocycles. The molecule has 0 saturated heterocycles. The Balaban J connectivity index is 1.60. The molecule has 152 valence electrons. The molecule has 2 amide bonds. The van der Waals surface area contributed by atoms with Crippen LogP contribution in [0.4, 0.5) is 5.69 Å². The van der Waals surface area contributed by atoms with Crippen LogP contribution in [0.5, 0.6) is 0 Å². The average Bonchev–Trinajstić information content (AvgIpc) is 3.12. The molecular weight excluding hydrogens is 376 g/mol. The third-order valence-electron chi connectivity index (χ3n) is 5.47. The van der Waals surface area contributed by atoms with Crippen molar-refractivity contribution in [3.8, 4) is 0 Å². The fraction of sp³-hybridized carbons (Fsp3) is 0.200. The van der Waals surface area contributed by atoms with Crippen molar-refractivity contribution < 1.29 is 14.0 Å². The minimum atomic E-state index is -0.310. The molecule has 30 heavy (non-hydrogen) atoms.